The Bertz CT molecular complexity index is 738. The molecule has 1 amide bonds. The molecule has 3 rings (SSSR count). The molecule has 9 heteroatoms. The number of hydrogen-bond acceptors (Lipinski definition) is 5. The summed E-state index contributed by atoms with van der Waals surface area (Å²) in [6, 6.07) is 4.43. The number of oxazole rings is 1. The number of nitrogens with zero attached hydrogens (tertiary/aromatic N) is 2. The fourth-order valence-corrected chi connectivity index (χ4v) is 2.17. The van der Waals surface area contributed by atoms with Crippen LogP contribution in [0.2, 0.25) is 0 Å². The molecule has 2 heterocycles. The van der Waals surface area contributed by atoms with Crippen molar-refractivity contribution in [2.45, 2.75) is 18.9 Å². The van der Waals surface area contributed by atoms with Crippen LogP contribution >= 0.6 is 0 Å². The molecule has 1 aromatic heterocycles. The zero-order valence-corrected chi connectivity index (χ0v) is 12.3. The number of carbonyl (C=O) groups is 1. The van der Waals surface area contributed by atoms with E-state index >= 15 is 0 Å². The predicted octanol–water partition coefficient (Wildman–Crippen LogP) is 2.09. The molecule has 0 bridgehead atoms. The average molecular weight is 342 g/mol. The van der Waals surface area contributed by atoms with Crippen LogP contribution in [0.3, 0.4) is 0 Å². The fraction of sp³-hybridized carbons (Fsp3) is 0.333. The lowest BCUT2D eigenvalue weighted by Gasteiger charge is -2.35. The molecule has 0 radical (unpaired) electrons. The predicted molar refractivity (Wildman–Crippen MR) is 74.2 cm³/mol. The van der Waals surface area contributed by atoms with E-state index in [1.54, 1.807) is 0 Å². The molecule has 1 N–H and O–H groups in total. The first kappa shape index (κ1) is 16.3. The van der Waals surface area contributed by atoms with Crippen LogP contribution in [0.25, 0.3) is 0 Å². The number of aromatic nitrogens is 1. The Kier molecular flexibility index (Phi) is 4.18. The van der Waals surface area contributed by atoms with E-state index < -0.39 is 17.8 Å². The summed E-state index contributed by atoms with van der Waals surface area (Å²) in [6.45, 7) is 0.265. The van der Waals surface area contributed by atoms with Gasteiger partial charge in [0, 0.05) is 13.1 Å². The summed E-state index contributed by atoms with van der Waals surface area (Å²) in [5.41, 5.74) is -0.760. The van der Waals surface area contributed by atoms with Crippen LogP contribution in [0.5, 0.6) is 5.75 Å². The largest absolute Gasteiger partial charge is 0.484 e. The summed E-state index contributed by atoms with van der Waals surface area (Å²) >= 11 is 0. The first-order chi connectivity index (χ1) is 11.3. The number of rotatable bonds is 4. The number of alkyl halides is 3. The Hall–Kier alpha value is -2.55. The van der Waals surface area contributed by atoms with Gasteiger partial charge in [-0.3, -0.25) is 4.79 Å². The van der Waals surface area contributed by atoms with Crippen molar-refractivity contribution in [1.29, 1.82) is 0 Å². The van der Waals surface area contributed by atoms with Crippen LogP contribution in [-0.2, 0) is 12.8 Å². The number of ether oxygens (including phenoxy) is 1. The number of halogens is 3. The summed E-state index contributed by atoms with van der Waals surface area (Å²) in [5.74, 6) is -0.298. The lowest BCUT2D eigenvalue weighted by molar-refractivity contribution is -0.137. The van der Waals surface area contributed by atoms with Crippen LogP contribution in [0.15, 0.2) is 34.9 Å². The number of β-amino-alcohol motifs (C(OH)–C–C–N with tert-alkyl or cyclic N) is 1. The van der Waals surface area contributed by atoms with Gasteiger partial charge in [0.1, 0.15) is 12.0 Å². The molecule has 24 heavy (non-hydrogen) atoms. The van der Waals surface area contributed by atoms with Crippen LogP contribution in [-0.4, -0.2) is 40.1 Å². The van der Waals surface area contributed by atoms with Crippen LogP contribution in [0, 0.1) is 0 Å². The van der Waals surface area contributed by atoms with Crippen molar-refractivity contribution in [3.05, 3.63) is 47.7 Å². The second-order valence-corrected chi connectivity index (χ2v) is 5.30. The van der Waals surface area contributed by atoms with E-state index in [1.165, 1.54) is 17.0 Å². The monoisotopic (exact) mass is 342 g/mol. The number of amides is 1. The van der Waals surface area contributed by atoms with E-state index in [0.717, 1.165) is 18.4 Å². The molecule has 1 aliphatic rings. The molecule has 0 aliphatic carbocycles. The van der Waals surface area contributed by atoms with E-state index in [9.17, 15) is 23.1 Å². The van der Waals surface area contributed by atoms with Crippen molar-refractivity contribution in [3.8, 4) is 5.75 Å². The SMILES string of the molecule is O=C(c1coc(COc2cccc(C(F)(F)F)c2)n1)N1CC(O)C1. The third kappa shape index (κ3) is 3.51. The second-order valence-electron chi connectivity index (χ2n) is 5.30. The smallest absolute Gasteiger partial charge is 0.416 e. The molecule has 1 aliphatic heterocycles. The number of benzene rings is 1. The number of carbonyl (C=O) groups excluding carboxylic acids is 1. The summed E-state index contributed by atoms with van der Waals surface area (Å²) in [6.07, 6.45) is -3.83. The summed E-state index contributed by atoms with van der Waals surface area (Å²) in [4.78, 5) is 17.3. The molecular formula is C15H13F3N2O4. The van der Waals surface area contributed by atoms with Gasteiger partial charge in [-0.1, -0.05) is 6.07 Å². The Morgan fingerprint density at radius 1 is 1.42 bits per heavy atom. The van der Waals surface area contributed by atoms with Gasteiger partial charge in [-0.25, -0.2) is 4.98 Å². The van der Waals surface area contributed by atoms with Gasteiger partial charge >= 0.3 is 6.18 Å². The third-order valence-corrected chi connectivity index (χ3v) is 3.44. The molecule has 2 aromatic rings. The van der Waals surface area contributed by atoms with E-state index in [0.29, 0.717) is 0 Å². The van der Waals surface area contributed by atoms with Gasteiger partial charge in [0.25, 0.3) is 5.91 Å². The highest BCUT2D eigenvalue weighted by Gasteiger charge is 2.32. The summed E-state index contributed by atoms with van der Waals surface area (Å²) in [5, 5.41) is 9.17. The van der Waals surface area contributed by atoms with Crippen LogP contribution in [0.1, 0.15) is 21.9 Å². The van der Waals surface area contributed by atoms with Gasteiger partial charge in [0.15, 0.2) is 12.3 Å². The standard InChI is InChI=1S/C15H13F3N2O4/c16-15(17,18)9-2-1-3-11(4-9)23-8-13-19-12(7-24-13)14(22)20-5-10(21)6-20/h1-4,7,10,21H,5-6,8H2. The zero-order valence-electron chi connectivity index (χ0n) is 12.3. The lowest BCUT2D eigenvalue weighted by atomic mass is 10.1. The molecule has 1 fully saturated rings. The molecule has 0 spiro atoms. The van der Waals surface area contributed by atoms with E-state index in [2.05, 4.69) is 4.98 Å². The number of aliphatic hydroxyl groups is 1. The van der Waals surface area contributed by atoms with Gasteiger partial charge in [-0.05, 0) is 18.2 Å². The highest BCUT2D eigenvalue weighted by Crippen LogP contribution is 2.31. The van der Waals surface area contributed by atoms with E-state index in [-0.39, 0.29) is 42.9 Å². The number of aliphatic hydroxyl groups excluding tert-OH is 1. The molecule has 1 saturated heterocycles. The highest BCUT2D eigenvalue weighted by molar-refractivity contribution is 5.92. The minimum absolute atomic E-state index is 0.0155. The normalized spacial score (nSPS) is 15.2. The number of likely N-dealkylation sites (tertiary alicyclic amines) is 1. The Balaban J connectivity index is 1.61. The minimum Gasteiger partial charge on any atom is -0.484 e. The van der Waals surface area contributed by atoms with Crippen LogP contribution < -0.4 is 4.74 Å². The maximum absolute atomic E-state index is 12.6. The molecule has 1 aromatic carbocycles. The molecule has 0 atom stereocenters. The minimum atomic E-state index is -4.45. The van der Waals surface area contributed by atoms with Crippen molar-refractivity contribution < 1.29 is 32.2 Å². The first-order valence-corrected chi connectivity index (χ1v) is 7.05. The molecule has 6 nitrogen and oxygen atoms in total. The van der Waals surface area contributed by atoms with Gasteiger partial charge in [-0.2, -0.15) is 13.2 Å². The Morgan fingerprint density at radius 3 is 2.83 bits per heavy atom. The van der Waals surface area contributed by atoms with Gasteiger partial charge in [0.05, 0.1) is 11.7 Å². The van der Waals surface area contributed by atoms with Crippen molar-refractivity contribution in [3.63, 3.8) is 0 Å². The number of hydrogen-bond donors (Lipinski definition) is 1. The summed E-state index contributed by atoms with van der Waals surface area (Å²) < 4.78 is 48.2. The van der Waals surface area contributed by atoms with Crippen molar-refractivity contribution in [1.82, 2.24) is 9.88 Å². The van der Waals surface area contributed by atoms with Crippen LogP contribution in [0.4, 0.5) is 13.2 Å². The van der Waals surface area contributed by atoms with Crippen molar-refractivity contribution in [2.24, 2.45) is 0 Å². The third-order valence-electron chi connectivity index (χ3n) is 3.44. The molecule has 0 unspecified atom stereocenters. The van der Waals surface area contributed by atoms with Gasteiger partial charge < -0.3 is 19.2 Å². The molecular weight excluding hydrogens is 329 g/mol. The van der Waals surface area contributed by atoms with Gasteiger partial charge in [-0.15, -0.1) is 0 Å². The molecule has 0 saturated carbocycles. The fourth-order valence-electron chi connectivity index (χ4n) is 2.17. The topological polar surface area (TPSA) is 75.8 Å². The van der Waals surface area contributed by atoms with Crippen molar-refractivity contribution >= 4 is 5.91 Å². The van der Waals surface area contributed by atoms with E-state index in [1.807, 2.05) is 0 Å². The van der Waals surface area contributed by atoms with Gasteiger partial charge in [0.2, 0.25) is 5.89 Å². The first-order valence-electron chi connectivity index (χ1n) is 7.05. The van der Waals surface area contributed by atoms with Crippen molar-refractivity contribution in [2.75, 3.05) is 13.1 Å². The quantitative estimate of drug-likeness (QED) is 0.921. The second kappa shape index (κ2) is 6.16. The summed E-state index contributed by atoms with van der Waals surface area (Å²) in [7, 11) is 0. The molecule has 128 valence electrons. The maximum atomic E-state index is 12.6. The Labute approximate surface area is 134 Å². The lowest BCUT2D eigenvalue weighted by Crippen LogP contribution is -2.53. The highest BCUT2D eigenvalue weighted by atomic mass is 19.4. The van der Waals surface area contributed by atoms with E-state index in [4.69, 9.17) is 9.15 Å². The maximum Gasteiger partial charge on any atom is 0.416 e. The average Bonchev–Trinajstić information content (AvgIpc) is 2.98. The zero-order chi connectivity index (χ0) is 17.3. The Morgan fingerprint density at radius 2 is 2.17 bits per heavy atom.